The van der Waals surface area contributed by atoms with E-state index in [2.05, 4.69) is 4.74 Å². The van der Waals surface area contributed by atoms with Crippen LogP contribution >= 0.6 is 0 Å². The van der Waals surface area contributed by atoms with Crippen molar-refractivity contribution in [2.45, 2.75) is 6.92 Å². The van der Waals surface area contributed by atoms with Crippen molar-refractivity contribution in [2.75, 3.05) is 6.61 Å². The van der Waals surface area contributed by atoms with Gasteiger partial charge >= 0.3 is 57.5 Å². The van der Waals surface area contributed by atoms with Crippen LogP contribution in [0, 0.1) is 0 Å². The summed E-state index contributed by atoms with van der Waals surface area (Å²) in [7, 11) is 0. The quantitative estimate of drug-likeness (QED) is 0.403. The second-order valence-electron chi connectivity index (χ2n) is 0.699. The number of ether oxygens (including phenoxy) is 1. The predicted molar refractivity (Wildman–Crippen MR) is 26.8 cm³/mol. The zero-order valence-electron chi connectivity index (χ0n) is 3.47. The zero-order chi connectivity index (χ0) is 4.99. The molecule has 0 aliphatic rings. The molecule has 0 aliphatic carbocycles. The van der Waals surface area contributed by atoms with Crippen molar-refractivity contribution in [1.29, 1.82) is 0 Å². The van der Waals surface area contributed by atoms with Crippen LogP contribution in [-0.4, -0.2) is 69.3 Å². The van der Waals surface area contributed by atoms with Gasteiger partial charge < -0.3 is 9.84 Å². The van der Waals surface area contributed by atoms with Crippen LogP contribution in [0.15, 0.2) is 0 Å². The molecule has 0 rings (SSSR count). The Labute approximate surface area is 84.5 Å². The first-order valence-electron chi connectivity index (χ1n) is 1.63. The third-order valence-electron chi connectivity index (χ3n) is 0.268. The molecule has 0 aromatic rings. The average molecular weight is 130 g/mol. The van der Waals surface area contributed by atoms with Gasteiger partial charge in [0.15, 0.2) is 0 Å². The number of rotatable bonds is 1. The predicted octanol–water partition coefficient (Wildman–Crippen LogP) is 0.0524. The van der Waals surface area contributed by atoms with Crippen LogP contribution in [-0.2, 0) is 4.74 Å². The van der Waals surface area contributed by atoms with Crippen molar-refractivity contribution >= 4 is 57.5 Å². The van der Waals surface area contributed by atoms with E-state index in [4.69, 9.17) is 5.11 Å². The first-order valence-corrected chi connectivity index (χ1v) is 1.63. The Bertz CT molecular complexity index is 54.1. The molecule has 0 aromatic carbocycles. The van der Waals surface area contributed by atoms with Gasteiger partial charge in [0.25, 0.3) is 0 Å². The second-order valence-corrected chi connectivity index (χ2v) is 0.699. The maximum atomic E-state index is 9.38. The summed E-state index contributed by atoms with van der Waals surface area (Å²) in [4.78, 5) is 9.38. The Kier molecular flexibility index (Phi) is 10.7. The minimum atomic E-state index is -1.21. The van der Waals surface area contributed by atoms with Gasteiger partial charge in [-0.1, -0.05) is 0 Å². The van der Waals surface area contributed by atoms with E-state index in [1.54, 1.807) is 6.92 Å². The summed E-state index contributed by atoms with van der Waals surface area (Å²) in [5.74, 6) is 0. The Morgan fingerprint density at radius 3 is 2.29 bits per heavy atom. The zero-order valence-corrected chi connectivity index (χ0v) is 3.47. The first kappa shape index (κ1) is 10.8. The van der Waals surface area contributed by atoms with Gasteiger partial charge in [-0.2, -0.15) is 0 Å². The van der Waals surface area contributed by atoms with Crippen LogP contribution in [0.4, 0.5) is 4.79 Å². The van der Waals surface area contributed by atoms with E-state index in [0.29, 0.717) is 0 Å². The summed E-state index contributed by atoms with van der Waals surface area (Å²) in [6.45, 7) is 1.85. The summed E-state index contributed by atoms with van der Waals surface area (Å²) in [5, 5.41) is 7.69. The molecular weight excluding hydrogens is 123 g/mol. The SMILES string of the molecule is CCOC(=O)O.[KH]. The van der Waals surface area contributed by atoms with Gasteiger partial charge in [0, 0.05) is 0 Å². The monoisotopic (exact) mass is 130 g/mol. The third-order valence-corrected chi connectivity index (χ3v) is 0.268. The minimum absolute atomic E-state index is 0. The van der Waals surface area contributed by atoms with Crippen molar-refractivity contribution in [2.24, 2.45) is 0 Å². The molecule has 0 heterocycles. The summed E-state index contributed by atoms with van der Waals surface area (Å²) in [6.07, 6.45) is -1.21. The molecule has 3 nitrogen and oxygen atoms in total. The molecule has 0 radical (unpaired) electrons. The Balaban J connectivity index is 0. The number of hydrogen-bond acceptors (Lipinski definition) is 2. The average Bonchev–Trinajstić information content (AvgIpc) is 1.35. The van der Waals surface area contributed by atoms with Crippen molar-refractivity contribution in [3.63, 3.8) is 0 Å². The molecule has 0 spiro atoms. The van der Waals surface area contributed by atoms with Crippen molar-refractivity contribution in [1.82, 2.24) is 0 Å². The van der Waals surface area contributed by atoms with Crippen LogP contribution in [0.25, 0.3) is 0 Å². The van der Waals surface area contributed by atoms with Gasteiger partial charge in [-0.05, 0) is 6.92 Å². The molecule has 38 valence electrons. The van der Waals surface area contributed by atoms with E-state index in [9.17, 15) is 4.79 Å². The van der Waals surface area contributed by atoms with E-state index in [-0.39, 0.29) is 58.0 Å². The van der Waals surface area contributed by atoms with Gasteiger partial charge in [0.2, 0.25) is 0 Å². The van der Waals surface area contributed by atoms with E-state index < -0.39 is 6.16 Å². The molecule has 1 N–H and O–H groups in total. The number of hydrogen-bond donors (Lipinski definition) is 1. The fraction of sp³-hybridized carbons (Fsp3) is 0.667. The Hall–Kier alpha value is 0.906. The fourth-order valence-corrected chi connectivity index (χ4v) is 0.123. The Morgan fingerprint density at radius 1 is 1.86 bits per heavy atom. The third kappa shape index (κ3) is 10.9. The molecule has 4 heteroatoms. The van der Waals surface area contributed by atoms with Crippen LogP contribution in [0.2, 0.25) is 0 Å². The molecule has 0 unspecified atom stereocenters. The van der Waals surface area contributed by atoms with Gasteiger partial charge in [0.1, 0.15) is 0 Å². The van der Waals surface area contributed by atoms with Gasteiger partial charge in [-0.25, -0.2) is 4.79 Å². The number of carboxylic acid groups (broad SMARTS) is 1. The fourth-order valence-electron chi connectivity index (χ4n) is 0.123. The van der Waals surface area contributed by atoms with Crippen molar-refractivity contribution in [3.05, 3.63) is 0 Å². The van der Waals surface area contributed by atoms with Crippen LogP contribution in [0.1, 0.15) is 6.92 Å². The molecule has 0 saturated heterocycles. The molecule has 0 aliphatic heterocycles. The molecule has 0 aromatic heterocycles. The van der Waals surface area contributed by atoms with E-state index >= 15 is 0 Å². The summed E-state index contributed by atoms with van der Waals surface area (Å²) < 4.78 is 3.96. The van der Waals surface area contributed by atoms with E-state index in [1.807, 2.05) is 0 Å². The Morgan fingerprint density at radius 2 is 2.29 bits per heavy atom. The summed E-state index contributed by atoms with van der Waals surface area (Å²) >= 11 is 0. The molecule has 0 fully saturated rings. The molecule has 0 amide bonds. The van der Waals surface area contributed by atoms with Gasteiger partial charge in [0.05, 0.1) is 6.61 Å². The standard InChI is InChI=1S/C3H6O3.K.H/c1-2-6-3(4)5;;/h2H2,1H3,(H,4,5);;. The van der Waals surface area contributed by atoms with E-state index in [0.717, 1.165) is 0 Å². The van der Waals surface area contributed by atoms with Crippen LogP contribution < -0.4 is 0 Å². The normalized spacial score (nSPS) is 6.43. The molecular formula is C3H7KO3. The molecule has 0 saturated carbocycles. The molecule has 7 heavy (non-hydrogen) atoms. The maximum absolute atomic E-state index is 9.38. The number of carbonyl (C=O) groups is 1. The summed E-state index contributed by atoms with van der Waals surface area (Å²) in [6, 6.07) is 0. The molecule has 0 atom stereocenters. The van der Waals surface area contributed by atoms with Gasteiger partial charge in [-0.15, -0.1) is 0 Å². The van der Waals surface area contributed by atoms with Crippen LogP contribution in [0.5, 0.6) is 0 Å². The molecule has 0 bridgehead atoms. The first-order chi connectivity index (χ1) is 2.77. The van der Waals surface area contributed by atoms with Crippen molar-refractivity contribution < 1.29 is 14.6 Å². The van der Waals surface area contributed by atoms with E-state index in [1.165, 1.54) is 0 Å². The van der Waals surface area contributed by atoms with Crippen LogP contribution in [0.3, 0.4) is 0 Å². The second kappa shape index (κ2) is 6.91. The summed E-state index contributed by atoms with van der Waals surface area (Å²) in [5.41, 5.74) is 0. The van der Waals surface area contributed by atoms with Crippen molar-refractivity contribution in [3.8, 4) is 0 Å². The topological polar surface area (TPSA) is 46.5 Å². The van der Waals surface area contributed by atoms with Gasteiger partial charge in [-0.3, -0.25) is 0 Å².